The van der Waals surface area contributed by atoms with Gasteiger partial charge in [-0.3, -0.25) is 0 Å². The number of aromatic nitrogens is 3. The molecule has 0 radical (unpaired) electrons. The van der Waals surface area contributed by atoms with E-state index in [2.05, 4.69) is 25.8 Å². The van der Waals surface area contributed by atoms with Crippen LogP contribution < -0.4 is 9.80 Å². The first-order valence-corrected chi connectivity index (χ1v) is 8.33. The summed E-state index contributed by atoms with van der Waals surface area (Å²) in [7, 11) is 0. The molecule has 0 aliphatic carbocycles. The van der Waals surface area contributed by atoms with Crippen molar-refractivity contribution in [1.29, 1.82) is 5.26 Å². The molecule has 1 aliphatic rings. The minimum absolute atomic E-state index is 0.675. The van der Waals surface area contributed by atoms with Gasteiger partial charge >= 0.3 is 0 Å². The van der Waals surface area contributed by atoms with Crippen LogP contribution >= 0.6 is 0 Å². The first kappa shape index (κ1) is 15.3. The van der Waals surface area contributed by atoms with Gasteiger partial charge in [-0.15, -0.1) is 0 Å². The summed E-state index contributed by atoms with van der Waals surface area (Å²) in [5.41, 5.74) is 2.52. The van der Waals surface area contributed by atoms with Crippen LogP contribution in [-0.4, -0.2) is 41.1 Å². The average Bonchev–Trinajstić information content (AvgIpc) is 2.67. The molecule has 3 heterocycles. The van der Waals surface area contributed by atoms with E-state index in [9.17, 15) is 5.26 Å². The first-order valence-electron chi connectivity index (χ1n) is 8.33. The van der Waals surface area contributed by atoms with E-state index in [1.165, 1.54) is 0 Å². The summed E-state index contributed by atoms with van der Waals surface area (Å²) < 4.78 is 0. The molecule has 1 aliphatic heterocycles. The zero-order chi connectivity index (χ0) is 17.2. The fourth-order valence-electron chi connectivity index (χ4n) is 3.19. The van der Waals surface area contributed by atoms with Gasteiger partial charge in [0.2, 0.25) is 0 Å². The molecule has 6 nitrogen and oxygen atoms in total. The normalized spacial score (nSPS) is 14.6. The Morgan fingerprint density at radius 3 is 2.40 bits per heavy atom. The molecule has 0 unspecified atom stereocenters. The van der Waals surface area contributed by atoms with E-state index in [0.717, 1.165) is 54.4 Å². The Hall–Kier alpha value is -3.20. The number of pyridine rings is 1. The molecule has 1 saturated heterocycles. The van der Waals surface area contributed by atoms with Crippen LogP contribution in [-0.2, 0) is 0 Å². The standard InChI is InChI=1S/C19H18N6/c1-14-10-18(22-13-21-14)24-6-8-25(9-7-24)19-11-15(12-20)16-4-2-3-5-17(16)23-19/h2-5,10-11,13H,6-9H2,1H3. The Labute approximate surface area is 146 Å². The van der Waals surface area contributed by atoms with E-state index in [-0.39, 0.29) is 0 Å². The van der Waals surface area contributed by atoms with Crippen molar-refractivity contribution in [2.75, 3.05) is 36.0 Å². The molecule has 25 heavy (non-hydrogen) atoms. The summed E-state index contributed by atoms with van der Waals surface area (Å²) in [5, 5.41) is 10.4. The average molecular weight is 330 g/mol. The third kappa shape index (κ3) is 2.96. The molecule has 0 saturated carbocycles. The van der Waals surface area contributed by atoms with Crippen molar-refractivity contribution in [2.45, 2.75) is 6.92 Å². The zero-order valence-electron chi connectivity index (χ0n) is 14.1. The molecule has 1 fully saturated rings. The van der Waals surface area contributed by atoms with Crippen molar-refractivity contribution in [1.82, 2.24) is 15.0 Å². The fourth-order valence-corrected chi connectivity index (χ4v) is 3.19. The van der Waals surface area contributed by atoms with Gasteiger partial charge in [0, 0.05) is 43.3 Å². The lowest BCUT2D eigenvalue weighted by Gasteiger charge is -2.36. The summed E-state index contributed by atoms with van der Waals surface area (Å²) in [6.07, 6.45) is 1.61. The van der Waals surface area contributed by atoms with Gasteiger partial charge in [0.1, 0.15) is 18.0 Å². The smallest absolute Gasteiger partial charge is 0.132 e. The SMILES string of the molecule is Cc1cc(N2CCN(c3cc(C#N)c4ccccc4n3)CC2)ncn1. The third-order valence-electron chi connectivity index (χ3n) is 4.54. The van der Waals surface area contributed by atoms with Crippen LogP contribution in [0.2, 0.25) is 0 Å². The van der Waals surface area contributed by atoms with Gasteiger partial charge in [0.05, 0.1) is 17.1 Å². The lowest BCUT2D eigenvalue weighted by Crippen LogP contribution is -2.47. The number of hydrogen-bond donors (Lipinski definition) is 0. The summed E-state index contributed by atoms with van der Waals surface area (Å²) >= 11 is 0. The van der Waals surface area contributed by atoms with Crippen molar-refractivity contribution in [3.05, 3.63) is 54.0 Å². The summed E-state index contributed by atoms with van der Waals surface area (Å²) in [6, 6.07) is 14.0. The predicted octanol–water partition coefficient (Wildman–Crippen LogP) is 2.53. The van der Waals surface area contributed by atoms with Crippen LogP contribution in [0, 0.1) is 18.3 Å². The molecule has 0 spiro atoms. The predicted molar refractivity (Wildman–Crippen MR) is 97.7 cm³/mol. The molecule has 1 aromatic carbocycles. The van der Waals surface area contributed by atoms with Crippen LogP contribution in [0.25, 0.3) is 10.9 Å². The molecule has 2 aromatic heterocycles. The van der Waals surface area contributed by atoms with Gasteiger partial charge in [-0.05, 0) is 19.1 Å². The van der Waals surface area contributed by atoms with Gasteiger partial charge < -0.3 is 9.80 Å². The number of nitriles is 1. The Morgan fingerprint density at radius 2 is 1.68 bits per heavy atom. The molecule has 0 amide bonds. The molecule has 3 aromatic rings. The lowest BCUT2D eigenvalue weighted by atomic mass is 10.1. The fraction of sp³-hybridized carbons (Fsp3) is 0.263. The first-order chi connectivity index (χ1) is 12.2. The second-order valence-corrected chi connectivity index (χ2v) is 6.15. The van der Waals surface area contributed by atoms with Gasteiger partial charge in [0.15, 0.2) is 0 Å². The maximum absolute atomic E-state index is 9.46. The highest BCUT2D eigenvalue weighted by molar-refractivity contribution is 5.86. The topological polar surface area (TPSA) is 68.9 Å². The second kappa shape index (κ2) is 6.36. The number of benzene rings is 1. The number of rotatable bonds is 2. The Bertz CT molecular complexity index is 954. The number of aryl methyl sites for hydroxylation is 1. The lowest BCUT2D eigenvalue weighted by molar-refractivity contribution is 0.641. The number of nitrogens with zero attached hydrogens (tertiary/aromatic N) is 6. The van der Waals surface area contributed by atoms with Crippen LogP contribution in [0.4, 0.5) is 11.6 Å². The van der Waals surface area contributed by atoms with Crippen molar-refractivity contribution < 1.29 is 0 Å². The molecule has 0 bridgehead atoms. The van der Waals surface area contributed by atoms with E-state index in [4.69, 9.17) is 4.98 Å². The maximum Gasteiger partial charge on any atom is 0.132 e. The number of hydrogen-bond acceptors (Lipinski definition) is 6. The number of anilines is 2. The summed E-state index contributed by atoms with van der Waals surface area (Å²) in [5.74, 6) is 1.84. The van der Waals surface area contributed by atoms with Crippen molar-refractivity contribution in [3.8, 4) is 6.07 Å². The minimum Gasteiger partial charge on any atom is -0.353 e. The van der Waals surface area contributed by atoms with E-state index in [1.807, 2.05) is 43.3 Å². The third-order valence-corrected chi connectivity index (χ3v) is 4.54. The van der Waals surface area contributed by atoms with Gasteiger partial charge in [-0.25, -0.2) is 15.0 Å². The highest BCUT2D eigenvalue weighted by atomic mass is 15.3. The minimum atomic E-state index is 0.675. The van der Waals surface area contributed by atoms with Crippen molar-refractivity contribution >= 4 is 22.5 Å². The van der Waals surface area contributed by atoms with E-state index in [1.54, 1.807) is 6.33 Å². The number of para-hydroxylation sites is 1. The molecule has 0 N–H and O–H groups in total. The Morgan fingerprint density at radius 1 is 0.960 bits per heavy atom. The van der Waals surface area contributed by atoms with Gasteiger partial charge in [-0.1, -0.05) is 18.2 Å². The van der Waals surface area contributed by atoms with E-state index >= 15 is 0 Å². The largest absolute Gasteiger partial charge is 0.353 e. The summed E-state index contributed by atoms with van der Waals surface area (Å²) in [6.45, 7) is 5.40. The van der Waals surface area contributed by atoms with Crippen LogP contribution in [0.15, 0.2) is 42.7 Å². The molecule has 124 valence electrons. The second-order valence-electron chi connectivity index (χ2n) is 6.15. The number of fused-ring (bicyclic) bond motifs is 1. The Balaban J connectivity index is 1.57. The van der Waals surface area contributed by atoms with Crippen molar-refractivity contribution in [2.24, 2.45) is 0 Å². The molecule has 0 atom stereocenters. The molecule has 4 rings (SSSR count). The number of piperazine rings is 1. The van der Waals surface area contributed by atoms with Crippen LogP contribution in [0.1, 0.15) is 11.3 Å². The van der Waals surface area contributed by atoms with Crippen LogP contribution in [0.5, 0.6) is 0 Å². The van der Waals surface area contributed by atoms with E-state index < -0.39 is 0 Å². The maximum atomic E-state index is 9.46. The molecule has 6 heteroatoms. The quantitative estimate of drug-likeness (QED) is 0.719. The zero-order valence-corrected chi connectivity index (χ0v) is 14.1. The molecular weight excluding hydrogens is 312 g/mol. The Kier molecular flexibility index (Phi) is 3.90. The van der Waals surface area contributed by atoms with Crippen molar-refractivity contribution in [3.63, 3.8) is 0 Å². The molecular formula is C19H18N6. The van der Waals surface area contributed by atoms with Gasteiger partial charge in [-0.2, -0.15) is 5.26 Å². The summed E-state index contributed by atoms with van der Waals surface area (Å²) in [4.78, 5) is 17.8. The highest BCUT2D eigenvalue weighted by Crippen LogP contribution is 2.24. The van der Waals surface area contributed by atoms with Gasteiger partial charge in [0.25, 0.3) is 0 Å². The van der Waals surface area contributed by atoms with E-state index in [0.29, 0.717) is 5.56 Å². The highest BCUT2D eigenvalue weighted by Gasteiger charge is 2.20. The monoisotopic (exact) mass is 330 g/mol. The van der Waals surface area contributed by atoms with Crippen LogP contribution in [0.3, 0.4) is 0 Å².